The van der Waals surface area contributed by atoms with E-state index in [0.29, 0.717) is 35.7 Å². The number of nitrogens with one attached hydrogen (secondary N) is 2. The number of nitrogens with zero attached hydrogens (tertiary/aromatic N) is 1. The van der Waals surface area contributed by atoms with Crippen molar-refractivity contribution in [1.82, 2.24) is 10.3 Å². The van der Waals surface area contributed by atoms with Crippen molar-refractivity contribution in [2.75, 3.05) is 18.5 Å². The Hall–Kier alpha value is -3.03. The molecule has 0 radical (unpaired) electrons. The van der Waals surface area contributed by atoms with E-state index in [1.165, 1.54) is 11.3 Å². The van der Waals surface area contributed by atoms with Crippen molar-refractivity contribution in [2.45, 2.75) is 19.4 Å². The summed E-state index contributed by atoms with van der Waals surface area (Å²) in [5, 5.41) is 7.44. The van der Waals surface area contributed by atoms with Gasteiger partial charge in [0.1, 0.15) is 4.88 Å². The summed E-state index contributed by atoms with van der Waals surface area (Å²) in [6.07, 6.45) is 3.82. The van der Waals surface area contributed by atoms with Crippen LogP contribution in [0.1, 0.15) is 45.0 Å². The maximum Gasteiger partial charge on any atom is 0.263 e. The number of amides is 2. The number of carbonyl (C=O) groups is 2. The lowest BCUT2D eigenvalue weighted by atomic mass is 10.1. The Labute approximate surface area is 173 Å². The van der Waals surface area contributed by atoms with E-state index in [1.54, 1.807) is 36.0 Å². The highest BCUT2D eigenvalue weighted by Gasteiger charge is 2.15. The van der Waals surface area contributed by atoms with Crippen LogP contribution in [0.25, 0.3) is 0 Å². The van der Waals surface area contributed by atoms with E-state index in [1.807, 2.05) is 37.3 Å². The van der Waals surface area contributed by atoms with Gasteiger partial charge in [0.25, 0.3) is 11.8 Å². The molecule has 2 aromatic heterocycles. The van der Waals surface area contributed by atoms with Gasteiger partial charge in [0.15, 0.2) is 0 Å². The Morgan fingerprint density at radius 1 is 1.07 bits per heavy atom. The predicted molar refractivity (Wildman–Crippen MR) is 114 cm³/mol. The lowest BCUT2D eigenvalue weighted by Crippen LogP contribution is -2.26. The van der Waals surface area contributed by atoms with Gasteiger partial charge >= 0.3 is 0 Å². The Morgan fingerprint density at radius 2 is 1.83 bits per heavy atom. The number of pyridine rings is 1. The molecule has 2 N–H and O–H groups in total. The van der Waals surface area contributed by atoms with Gasteiger partial charge in [0.2, 0.25) is 0 Å². The van der Waals surface area contributed by atoms with Gasteiger partial charge in [-0.05, 0) is 42.5 Å². The summed E-state index contributed by atoms with van der Waals surface area (Å²) in [7, 11) is 0. The van der Waals surface area contributed by atoms with Crippen molar-refractivity contribution < 1.29 is 14.3 Å². The number of hydrogen-bond donors (Lipinski definition) is 2. The average molecular weight is 410 g/mol. The van der Waals surface area contributed by atoms with Crippen LogP contribution < -0.4 is 10.6 Å². The van der Waals surface area contributed by atoms with Gasteiger partial charge in [-0.3, -0.25) is 14.6 Å². The Morgan fingerprint density at radius 3 is 2.59 bits per heavy atom. The number of thiophene rings is 1. The molecule has 1 aromatic carbocycles. The molecule has 3 aromatic rings. The number of carbonyl (C=O) groups excluding carboxylic acids is 2. The normalized spacial score (nSPS) is 11.6. The van der Waals surface area contributed by atoms with Gasteiger partial charge in [-0.25, -0.2) is 0 Å². The van der Waals surface area contributed by atoms with Crippen LogP contribution in [-0.2, 0) is 4.74 Å². The van der Waals surface area contributed by atoms with E-state index in [2.05, 4.69) is 15.6 Å². The third-order valence-corrected chi connectivity index (χ3v) is 5.22. The first kappa shape index (κ1) is 20.7. The SMILES string of the molecule is CC(OCCCNC(=O)c1sccc1NC(=O)c1ccncc1)c1ccccc1. The Kier molecular flexibility index (Phi) is 7.49. The van der Waals surface area contributed by atoms with Crippen molar-refractivity contribution in [2.24, 2.45) is 0 Å². The molecule has 2 heterocycles. The van der Waals surface area contributed by atoms with Crippen LogP contribution in [0.4, 0.5) is 5.69 Å². The highest BCUT2D eigenvalue weighted by atomic mass is 32.1. The fourth-order valence-corrected chi connectivity index (χ4v) is 3.48. The Bertz CT molecular complexity index is 929. The molecule has 0 saturated carbocycles. The minimum atomic E-state index is -0.275. The molecule has 0 aliphatic heterocycles. The monoisotopic (exact) mass is 409 g/mol. The smallest absolute Gasteiger partial charge is 0.263 e. The van der Waals surface area contributed by atoms with Crippen LogP contribution in [0.15, 0.2) is 66.3 Å². The number of rotatable bonds is 9. The lowest BCUT2D eigenvalue weighted by molar-refractivity contribution is 0.0635. The predicted octanol–water partition coefficient (Wildman–Crippen LogP) is 4.29. The zero-order chi connectivity index (χ0) is 20.5. The second-order valence-corrected chi connectivity index (χ2v) is 7.30. The van der Waals surface area contributed by atoms with Crippen LogP contribution in [0.2, 0.25) is 0 Å². The van der Waals surface area contributed by atoms with Crippen molar-refractivity contribution in [1.29, 1.82) is 0 Å². The van der Waals surface area contributed by atoms with Crippen LogP contribution in [0, 0.1) is 0 Å². The van der Waals surface area contributed by atoms with Gasteiger partial charge in [0, 0.05) is 31.1 Å². The van der Waals surface area contributed by atoms with Gasteiger partial charge in [-0.1, -0.05) is 30.3 Å². The number of aromatic nitrogens is 1. The van der Waals surface area contributed by atoms with Crippen molar-refractivity contribution in [3.63, 3.8) is 0 Å². The summed E-state index contributed by atoms with van der Waals surface area (Å²) >= 11 is 1.29. The van der Waals surface area contributed by atoms with Gasteiger partial charge in [-0.2, -0.15) is 0 Å². The van der Waals surface area contributed by atoms with E-state index in [9.17, 15) is 9.59 Å². The fraction of sp³-hybridized carbons (Fsp3) is 0.227. The number of anilines is 1. The molecule has 2 amide bonds. The average Bonchev–Trinajstić information content (AvgIpc) is 3.22. The topological polar surface area (TPSA) is 80.3 Å². The lowest BCUT2D eigenvalue weighted by Gasteiger charge is -2.13. The van der Waals surface area contributed by atoms with E-state index in [0.717, 1.165) is 5.56 Å². The molecule has 6 nitrogen and oxygen atoms in total. The zero-order valence-corrected chi connectivity index (χ0v) is 16.9. The summed E-state index contributed by atoms with van der Waals surface area (Å²) in [6, 6.07) is 15.0. The van der Waals surface area contributed by atoms with Crippen LogP contribution >= 0.6 is 11.3 Å². The van der Waals surface area contributed by atoms with E-state index in [4.69, 9.17) is 4.74 Å². The molecule has 1 atom stereocenters. The third-order valence-electron chi connectivity index (χ3n) is 4.31. The number of hydrogen-bond acceptors (Lipinski definition) is 5. The highest BCUT2D eigenvalue weighted by Crippen LogP contribution is 2.23. The van der Waals surface area contributed by atoms with Gasteiger partial charge in [0.05, 0.1) is 11.8 Å². The minimum Gasteiger partial charge on any atom is -0.374 e. The van der Waals surface area contributed by atoms with Crippen molar-refractivity contribution >= 4 is 28.8 Å². The third kappa shape index (κ3) is 5.97. The maximum atomic E-state index is 12.5. The second-order valence-electron chi connectivity index (χ2n) is 6.39. The largest absolute Gasteiger partial charge is 0.374 e. The quantitative estimate of drug-likeness (QED) is 0.517. The molecule has 0 spiro atoms. The number of ether oxygens (including phenoxy) is 1. The second kappa shape index (κ2) is 10.5. The fourth-order valence-electron chi connectivity index (χ4n) is 2.72. The molecule has 150 valence electrons. The first-order valence-corrected chi connectivity index (χ1v) is 10.3. The van der Waals surface area contributed by atoms with Crippen LogP contribution in [0.5, 0.6) is 0 Å². The summed E-state index contributed by atoms with van der Waals surface area (Å²) in [5.74, 6) is -0.482. The van der Waals surface area contributed by atoms with Crippen molar-refractivity contribution in [3.05, 3.63) is 82.3 Å². The van der Waals surface area contributed by atoms with E-state index >= 15 is 0 Å². The van der Waals surface area contributed by atoms with Crippen LogP contribution in [0.3, 0.4) is 0 Å². The molecule has 0 bridgehead atoms. The summed E-state index contributed by atoms with van der Waals surface area (Å²) < 4.78 is 5.82. The maximum absolute atomic E-state index is 12.5. The molecular formula is C22H23N3O3S. The van der Waals surface area contributed by atoms with E-state index < -0.39 is 0 Å². The standard InChI is InChI=1S/C22H23N3O3S/c1-16(17-6-3-2-4-7-17)28-14-5-11-24-22(27)20-19(10-15-29-20)25-21(26)18-8-12-23-13-9-18/h2-4,6-10,12-13,15-16H,5,11,14H2,1H3,(H,24,27)(H,25,26). The highest BCUT2D eigenvalue weighted by molar-refractivity contribution is 7.12. The minimum absolute atomic E-state index is 0.0131. The molecular weight excluding hydrogens is 386 g/mol. The Balaban J connectivity index is 1.43. The zero-order valence-electron chi connectivity index (χ0n) is 16.1. The summed E-state index contributed by atoms with van der Waals surface area (Å²) in [4.78, 5) is 29.1. The first-order valence-electron chi connectivity index (χ1n) is 9.39. The molecule has 0 aliphatic carbocycles. The summed E-state index contributed by atoms with van der Waals surface area (Å²) in [6.45, 7) is 3.06. The van der Waals surface area contributed by atoms with Gasteiger partial charge in [-0.15, -0.1) is 11.3 Å². The molecule has 3 rings (SSSR count). The number of benzene rings is 1. The van der Waals surface area contributed by atoms with Crippen LogP contribution in [-0.4, -0.2) is 29.9 Å². The first-order chi connectivity index (χ1) is 14.1. The molecule has 1 unspecified atom stereocenters. The molecule has 7 heteroatoms. The molecule has 0 fully saturated rings. The summed E-state index contributed by atoms with van der Waals surface area (Å²) in [5.41, 5.74) is 2.12. The molecule has 29 heavy (non-hydrogen) atoms. The van der Waals surface area contributed by atoms with Gasteiger partial charge < -0.3 is 15.4 Å². The molecule has 0 aliphatic rings. The van der Waals surface area contributed by atoms with Crippen molar-refractivity contribution in [3.8, 4) is 0 Å². The van der Waals surface area contributed by atoms with E-state index in [-0.39, 0.29) is 17.9 Å². The molecule has 0 saturated heterocycles.